The molecule has 0 aromatic heterocycles. The first-order valence-electron chi connectivity index (χ1n) is 6.33. The fraction of sp³-hybridized carbons (Fsp3) is 0.538. The van der Waals surface area contributed by atoms with Crippen LogP contribution in [0.1, 0.15) is 24.4 Å². The Balaban J connectivity index is 1.75. The molecular formula is C13H17NO3S. The van der Waals surface area contributed by atoms with E-state index in [1.54, 1.807) is 12.1 Å². The third-order valence-electron chi connectivity index (χ3n) is 3.63. The van der Waals surface area contributed by atoms with Crippen LogP contribution in [-0.2, 0) is 14.6 Å². The van der Waals surface area contributed by atoms with Gasteiger partial charge in [0, 0.05) is 19.2 Å². The van der Waals surface area contributed by atoms with Crippen molar-refractivity contribution in [2.45, 2.75) is 29.9 Å². The third-order valence-corrected chi connectivity index (χ3v) is 5.45. The lowest BCUT2D eigenvalue weighted by Gasteiger charge is -2.16. The van der Waals surface area contributed by atoms with E-state index in [4.69, 9.17) is 4.74 Å². The molecule has 1 aromatic carbocycles. The van der Waals surface area contributed by atoms with E-state index >= 15 is 0 Å². The predicted molar refractivity (Wildman–Crippen MR) is 68.2 cm³/mol. The van der Waals surface area contributed by atoms with Crippen LogP contribution in [0.2, 0.25) is 0 Å². The first-order chi connectivity index (χ1) is 8.67. The molecule has 98 valence electrons. The van der Waals surface area contributed by atoms with Crippen molar-refractivity contribution in [1.29, 1.82) is 0 Å². The highest BCUT2D eigenvalue weighted by Gasteiger charge is 2.34. The van der Waals surface area contributed by atoms with E-state index < -0.39 is 9.84 Å². The van der Waals surface area contributed by atoms with Crippen LogP contribution in [0.5, 0.6) is 0 Å². The Kier molecular flexibility index (Phi) is 3.13. The number of fused-ring (bicyclic) bond motifs is 1. The van der Waals surface area contributed by atoms with Crippen molar-refractivity contribution in [3.63, 3.8) is 0 Å². The van der Waals surface area contributed by atoms with Gasteiger partial charge in [-0.1, -0.05) is 18.2 Å². The molecule has 1 N–H and O–H groups in total. The van der Waals surface area contributed by atoms with Gasteiger partial charge in [0.05, 0.1) is 16.8 Å². The minimum Gasteiger partial charge on any atom is -0.377 e. The number of benzene rings is 1. The molecule has 2 unspecified atom stereocenters. The smallest absolute Gasteiger partial charge is 0.180 e. The second-order valence-corrected chi connectivity index (χ2v) is 6.92. The first-order valence-corrected chi connectivity index (χ1v) is 7.99. The lowest BCUT2D eigenvalue weighted by molar-refractivity contribution is 0.108. The van der Waals surface area contributed by atoms with E-state index in [0.29, 0.717) is 4.90 Å². The van der Waals surface area contributed by atoms with Gasteiger partial charge in [0.25, 0.3) is 0 Å². The molecule has 2 aliphatic rings. The molecule has 1 saturated heterocycles. The van der Waals surface area contributed by atoms with Crippen LogP contribution in [-0.4, -0.2) is 33.4 Å². The Morgan fingerprint density at radius 2 is 2.17 bits per heavy atom. The van der Waals surface area contributed by atoms with Gasteiger partial charge in [0.2, 0.25) is 0 Å². The quantitative estimate of drug-likeness (QED) is 0.896. The van der Waals surface area contributed by atoms with Gasteiger partial charge in [-0.3, -0.25) is 0 Å². The highest BCUT2D eigenvalue weighted by Crippen LogP contribution is 2.33. The van der Waals surface area contributed by atoms with Crippen LogP contribution in [0, 0.1) is 0 Å². The Morgan fingerprint density at radius 1 is 1.33 bits per heavy atom. The molecule has 1 aromatic rings. The van der Waals surface area contributed by atoms with E-state index in [1.165, 1.54) is 0 Å². The highest BCUT2D eigenvalue weighted by molar-refractivity contribution is 7.91. The summed E-state index contributed by atoms with van der Waals surface area (Å²) < 4.78 is 29.5. The average molecular weight is 267 g/mol. The lowest BCUT2D eigenvalue weighted by Crippen LogP contribution is -2.30. The van der Waals surface area contributed by atoms with Crippen molar-refractivity contribution in [1.82, 2.24) is 5.32 Å². The molecule has 0 spiro atoms. The van der Waals surface area contributed by atoms with Crippen LogP contribution < -0.4 is 5.32 Å². The SMILES string of the molecule is O=S1(=O)CC(NCC2CCCO2)c2ccccc21. The van der Waals surface area contributed by atoms with Crippen molar-refractivity contribution >= 4 is 9.84 Å². The number of ether oxygens (including phenoxy) is 1. The van der Waals surface area contributed by atoms with Crippen molar-refractivity contribution < 1.29 is 13.2 Å². The van der Waals surface area contributed by atoms with Crippen LogP contribution in [0.3, 0.4) is 0 Å². The van der Waals surface area contributed by atoms with E-state index in [-0.39, 0.29) is 17.9 Å². The van der Waals surface area contributed by atoms with Gasteiger partial charge in [0.1, 0.15) is 0 Å². The molecule has 3 rings (SSSR count). The summed E-state index contributed by atoms with van der Waals surface area (Å²) in [5.74, 6) is 0.166. The zero-order valence-electron chi connectivity index (χ0n) is 10.1. The van der Waals surface area contributed by atoms with Gasteiger partial charge in [-0.05, 0) is 24.5 Å². The maximum Gasteiger partial charge on any atom is 0.180 e. The number of sulfone groups is 1. The molecule has 18 heavy (non-hydrogen) atoms. The molecule has 4 nitrogen and oxygen atoms in total. The van der Waals surface area contributed by atoms with E-state index in [9.17, 15) is 8.42 Å². The number of hydrogen-bond donors (Lipinski definition) is 1. The van der Waals surface area contributed by atoms with Gasteiger partial charge in [-0.15, -0.1) is 0 Å². The first kappa shape index (κ1) is 12.1. The summed E-state index contributed by atoms with van der Waals surface area (Å²) in [6.07, 6.45) is 2.40. The molecule has 2 aliphatic heterocycles. The topological polar surface area (TPSA) is 55.4 Å². The molecule has 0 aliphatic carbocycles. The second-order valence-electron chi connectivity index (χ2n) is 4.92. The summed E-state index contributed by atoms with van der Waals surface area (Å²) in [5.41, 5.74) is 0.899. The van der Waals surface area contributed by atoms with E-state index in [0.717, 1.165) is 31.6 Å². The second kappa shape index (κ2) is 4.64. The van der Waals surface area contributed by atoms with Gasteiger partial charge in [-0.2, -0.15) is 0 Å². The highest BCUT2D eigenvalue weighted by atomic mass is 32.2. The normalized spacial score (nSPS) is 29.3. The Hall–Kier alpha value is -0.910. The molecule has 0 radical (unpaired) electrons. The van der Waals surface area contributed by atoms with Crippen molar-refractivity contribution in [3.05, 3.63) is 29.8 Å². The van der Waals surface area contributed by atoms with Gasteiger partial charge < -0.3 is 10.1 Å². The van der Waals surface area contributed by atoms with Crippen LogP contribution in [0.15, 0.2) is 29.2 Å². The summed E-state index contributed by atoms with van der Waals surface area (Å²) in [6.45, 7) is 1.56. The molecule has 1 fully saturated rings. The van der Waals surface area contributed by atoms with Gasteiger partial charge in [0.15, 0.2) is 9.84 Å². The molecule has 0 saturated carbocycles. The largest absolute Gasteiger partial charge is 0.377 e. The van der Waals surface area contributed by atoms with Gasteiger partial charge in [-0.25, -0.2) is 8.42 Å². The zero-order valence-corrected chi connectivity index (χ0v) is 10.9. The molecule has 2 heterocycles. The summed E-state index contributed by atoms with van der Waals surface area (Å²) in [6, 6.07) is 7.17. The monoisotopic (exact) mass is 267 g/mol. The summed E-state index contributed by atoms with van der Waals surface area (Å²) >= 11 is 0. The third kappa shape index (κ3) is 2.18. The van der Waals surface area contributed by atoms with Crippen LogP contribution in [0.4, 0.5) is 0 Å². The minimum absolute atomic E-state index is 0.0876. The number of hydrogen-bond acceptors (Lipinski definition) is 4. The average Bonchev–Trinajstić information content (AvgIpc) is 2.95. The maximum absolute atomic E-state index is 12.0. The van der Waals surface area contributed by atoms with Crippen molar-refractivity contribution in [2.75, 3.05) is 18.9 Å². The van der Waals surface area contributed by atoms with Gasteiger partial charge >= 0.3 is 0 Å². The molecule has 0 amide bonds. The zero-order chi connectivity index (χ0) is 12.6. The maximum atomic E-state index is 12.0. The fourth-order valence-electron chi connectivity index (χ4n) is 2.70. The van der Waals surface area contributed by atoms with E-state index in [1.807, 2.05) is 12.1 Å². The Labute approximate surface area is 107 Å². The standard InChI is InChI=1S/C13H17NO3S/c15-18(16)9-12(11-5-1-2-6-13(11)18)14-8-10-4-3-7-17-10/h1-2,5-6,10,12,14H,3-4,7-9H2. The lowest BCUT2D eigenvalue weighted by atomic mass is 10.1. The molecule has 0 bridgehead atoms. The molecule has 2 atom stereocenters. The van der Waals surface area contributed by atoms with Crippen LogP contribution >= 0.6 is 0 Å². The molecular weight excluding hydrogens is 250 g/mol. The van der Waals surface area contributed by atoms with Crippen LogP contribution in [0.25, 0.3) is 0 Å². The van der Waals surface area contributed by atoms with Crippen molar-refractivity contribution in [2.24, 2.45) is 0 Å². The number of rotatable bonds is 3. The summed E-state index contributed by atoms with van der Waals surface area (Å²) in [7, 11) is -3.10. The Bertz CT molecular complexity index is 535. The molecule has 5 heteroatoms. The predicted octanol–water partition coefficient (Wildman–Crippen LogP) is 1.28. The summed E-state index contributed by atoms with van der Waals surface area (Å²) in [4.78, 5) is 0.481. The summed E-state index contributed by atoms with van der Waals surface area (Å²) in [5, 5.41) is 3.33. The minimum atomic E-state index is -3.10. The Morgan fingerprint density at radius 3 is 2.94 bits per heavy atom. The van der Waals surface area contributed by atoms with Crippen molar-refractivity contribution in [3.8, 4) is 0 Å². The fourth-order valence-corrected chi connectivity index (χ4v) is 4.47. The van der Waals surface area contributed by atoms with E-state index in [2.05, 4.69) is 5.32 Å². The number of nitrogens with one attached hydrogen (secondary N) is 1.